The second kappa shape index (κ2) is 17.0. The maximum atomic E-state index is 14.1. The molecule has 2 saturated heterocycles. The summed E-state index contributed by atoms with van der Waals surface area (Å²) in [6, 6.07) is 17.7. The molecule has 314 valence electrons. The van der Waals surface area contributed by atoms with Crippen molar-refractivity contribution in [2.45, 2.75) is 98.4 Å². The number of aliphatic hydroxyl groups is 2. The molecule has 4 N–H and O–H groups in total. The predicted octanol–water partition coefficient (Wildman–Crippen LogP) is 6.46. The van der Waals surface area contributed by atoms with E-state index in [1.54, 1.807) is 28.0 Å². The van der Waals surface area contributed by atoms with E-state index in [0.717, 1.165) is 16.7 Å². The van der Waals surface area contributed by atoms with Gasteiger partial charge in [-0.25, -0.2) is 0 Å². The lowest BCUT2D eigenvalue weighted by Gasteiger charge is -2.51. The third-order valence-corrected chi connectivity index (χ3v) is 12.8. The highest BCUT2D eigenvalue weighted by atomic mass is 35.5. The maximum Gasteiger partial charge on any atom is 0.255 e. The van der Waals surface area contributed by atoms with Gasteiger partial charge in [0.25, 0.3) is 11.8 Å². The fourth-order valence-corrected chi connectivity index (χ4v) is 8.74. The maximum absolute atomic E-state index is 14.1. The number of rotatable bonds is 11. The molecule has 2 fully saturated rings. The minimum Gasteiger partial charge on any atom is -0.495 e. The number of methoxy groups -OCH3 is 1. The Balaban J connectivity index is 1.30. The summed E-state index contributed by atoms with van der Waals surface area (Å²) in [4.78, 5) is 59.6. The summed E-state index contributed by atoms with van der Waals surface area (Å²) in [5.74, 6) is -2.29. The Hall–Kier alpha value is -4.45. The van der Waals surface area contributed by atoms with E-state index in [-0.39, 0.29) is 60.2 Å². The van der Waals surface area contributed by atoms with E-state index in [9.17, 15) is 29.4 Å². The summed E-state index contributed by atoms with van der Waals surface area (Å²) < 4.78 is 5.68. The number of para-hydroxylation sites is 1. The van der Waals surface area contributed by atoms with Gasteiger partial charge < -0.3 is 35.4 Å². The third kappa shape index (κ3) is 8.63. The average Bonchev–Trinajstić information content (AvgIpc) is 3.17. The van der Waals surface area contributed by atoms with Gasteiger partial charge in [0.2, 0.25) is 11.8 Å². The van der Waals surface area contributed by atoms with Crippen LogP contribution in [0.2, 0.25) is 5.02 Å². The molecule has 0 spiro atoms. The minimum absolute atomic E-state index is 0.0109. The zero-order valence-corrected chi connectivity index (χ0v) is 36.4. The number of carbonyl (C=O) groups excluding carboxylic acids is 4. The van der Waals surface area contributed by atoms with Crippen LogP contribution in [0.3, 0.4) is 0 Å². The summed E-state index contributed by atoms with van der Waals surface area (Å²) in [5, 5.41) is 30.2. The zero-order chi connectivity index (χ0) is 43.0. The lowest BCUT2D eigenvalue weighted by Crippen LogP contribution is -2.60. The molecule has 0 radical (unpaired) electrons. The van der Waals surface area contributed by atoms with Gasteiger partial charge >= 0.3 is 0 Å². The number of hydrogen-bond acceptors (Lipinski definition) is 7. The Morgan fingerprint density at radius 3 is 1.40 bits per heavy atom. The first-order valence-corrected chi connectivity index (χ1v) is 20.6. The molecule has 2 aliphatic heterocycles. The quantitative estimate of drug-likeness (QED) is 0.174. The van der Waals surface area contributed by atoms with E-state index in [1.807, 2.05) is 98.7 Å². The normalized spacial score (nSPS) is 22.6. The highest BCUT2D eigenvalue weighted by molar-refractivity contribution is 6.30. The number of nitrogens with one attached hydrogen (secondary N) is 2. The second-order valence-electron chi connectivity index (χ2n) is 18.2. The van der Waals surface area contributed by atoms with E-state index in [0.29, 0.717) is 24.4 Å². The van der Waals surface area contributed by atoms with Crippen molar-refractivity contribution >= 4 is 35.2 Å². The molecular weight excluding hydrogens is 756 g/mol. The van der Waals surface area contributed by atoms with E-state index >= 15 is 0 Å². The molecule has 0 bridgehead atoms. The molecule has 5 rings (SSSR count). The largest absolute Gasteiger partial charge is 0.495 e. The van der Waals surface area contributed by atoms with Crippen LogP contribution >= 0.6 is 11.6 Å². The number of nitrogens with zero attached hydrogens (tertiary/aromatic N) is 2. The minimum atomic E-state index is -1.20. The fourth-order valence-electron chi connectivity index (χ4n) is 8.62. The van der Waals surface area contributed by atoms with Crippen molar-refractivity contribution in [2.24, 2.45) is 22.7 Å². The van der Waals surface area contributed by atoms with Crippen LogP contribution in [0.15, 0.2) is 66.7 Å². The van der Waals surface area contributed by atoms with Crippen LogP contribution in [0.25, 0.3) is 0 Å². The second-order valence-corrected chi connectivity index (χ2v) is 18.6. The van der Waals surface area contributed by atoms with E-state index in [2.05, 4.69) is 10.6 Å². The lowest BCUT2D eigenvalue weighted by molar-refractivity contribution is -0.156. The molecule has 3 aromatic carbocycles. The molecule has 0 aromatic heterocycles. The first-order chi connectivity index (χ1) is 27.1. The number of benzene rings is 3. The van der Waals surface area contributed by atoms with Gasteiger partial charge in [-0.3, -0.25) is 19.2 Å². The predicted molar refractivity (Wildman–Crippen MR) is 226 cm³/mol. The van der Waals surface area contributed by atoms with Crippen LogP contribution in [-0.4, -0.2) is 89.0 Å². The molecule has 4 atom stereocenters. The van der Waals surface area contributed by atoms with Gasteiger partial charge in [0.05, 0.1) is 29.4 Å². The number of ether oxygens (including phenoxy) is 1. The molecule has 12 heteroatoms. The number of likely N-dealkylation sites (tertiary alicyclic amines) is 2. The zero-order valence-electron chi connectivity index (χ0n) is 35.6. The van der Waals surface area contributed by atoms with E-state index < -0.39 is 45.9 Å². The van der Waals surface area contributed by atoms with Gasteiger partial charge in [-0.2, -0.15) is 0 Å². The van der Waals surface area contributed by atoms with Crippen LogP contribution in [-0.2, 0) is 20.8 Å². The summed E-state index contributed by atoms with van der Waals surface area (Å²) in [6.07, 6.45) is 0.627. The highest BCUT2D eigenvalue weighted by Crippen LogP contribution is 2.47. The molecular formula is C46H61ClN4O7. The Morgan fingerprint density at radius 1 is 0.672 bits per heavy atom. The topological polar surface area (TPSA) is 149 Å². The van der Waals surface area contributed by atoms with Crippen molar-refractivity contribution in [1.82, 2.24) is 20.4 Å². The van der Waals surface area contributed by atoms with Crippen LogP contribution < -0.4 is 15.4 Å². The number of amides is 4. The molecule has 2 aliphatic rings. The smallest absolute Gasteiger partial charge is 0.255 e. The highest BCUT2D eigenvalue weighted by Gasteiger charge is 2.52. The summed E-state index contributed by atoms with van der Waals surface area (Å²) in [5.41, 5.74) is -1.01. The molecule has 11 nitrogen and oxygen atoms in total. The van der Waals surface area contributed by atoms with Crippen molar-refractivity contribution < 1.29 is 34.1 Å². The van der Waals surface area contributed by atoms with E-state index in [4.69, 9.17) is 16.3 Å². The molecule has 3 aromatic rings. The number of hydrogen-bond donors (Lipinski definition) is 4. The van der Waals surface area contributed by atoms with Gasteiger partial charge in [-0.1, -0.05) is 115 Å². The summed E-state index contributed by atoms with van der Waals surface area (Å²) >= 11 is 6.11. The monoisotopic (exact) mass is 816 g/mol. The Labute approximate surface area is 348 Å². The molecule has 2 heterocycles. The molecule has 0 aliphatic carbocycles. The fraction of sp³-hybridized carbons (Fsp3) is 0.522. The number of carbonyl (C=O) groups is 4. The number of halogens is 1. The van der Waals surface area contributed by atoms with Crippen molar-refractivity contribution in [2.75, 3.05) is 33.3 Å². The summed E-state index contributed by atoms with van der Waals surface area (Å²) in [7, 11) is 1.36. The van der Waals surface area contributed by atoms with Crippen molar-refractivity contribution in [3.8, 4) is 5.75 Å². The number of piperidine rings is 2. The molecule has 0 saturated carbocycles. The lowest BCUT2D eigenvalue weighted by atomic mass is 9.66. The van der Waals surface area contributed by atoms with Crippen LogP contribution in [0.4, 0.5) is 0 Å². The summed E-state index contributed by atoms with van der Waals surface area (Å²) in [6.45, 7) is 18.2. The first kappa shape index (κ1) is 44.6. The third-order valence-electron chi connectivity index (χ3n) is 12.5. The van der Waals surface area contributed by atoms with Crippen molar-refractivity contribution in [3.05, 3.63) is 99.6 Å². The van der Waals surface area contributed by atoms with Gasteiger partial charge in [0, 0.05) is 42.0 Å². The average molecular weight is 817 g/mol. The van der Waals surface area contributed by atoms with Crippen LogP contribution in [0.5, 0.6) is 5.75 Å². The molecule has 4 amide bonds. The van der Waals surface area contributed by atoms with Gasteiger partial charge in [-0.05, 0) is 67.0 Å². The molecule has 0 unspecified atom stereocenters. The van der Waals surface area contributed by atoms with Crippen LogP contribution in [0, 0.1) is 29.6 Å². The number of aryl methyl sites for hydroxylation is 1. The first-order valence-electron chi connectivity index (χ1n) is 20.2. The van der Waals surface area contributed by atoms with Crippen molar-refractivity contribution in [1.29, 1.82) is 0 Å². The SMILES string of the molecule is COc1c(C(=O)N[C@H](C(=O)N2CC[C@@](O)(c3ccc(C)cc3)C(C)(C)C2)C(C)C)cccc1C(=O)N[C@@H](C(=O)N1CC[C@](O)(c2ccc(Cl)cc2)C(C)(C)C1)C(C)C. The van der Waals surface area contributed by atoms with Gasteiger partial charge in [0.15, 0.2) is 0 Å². The van der Waals surface area contributed by atoms with Gasteiger partial charge in [0.1, 0.15) is 17.8 Å². The van der Waals surface area contributed by atoms with Crippen LogP contribution in [0.1, 0.15) is 106 Å². The Morgan fingerprint density at radius 2 is 1.05 bits per heavy atom. The van der Waals surface area contributed by atoms with Gasteiger partial charge in [-0.15, -0.1) is 0 Å². The Kier molecular flexibility index (Phi) is 13.1. The van der Waals surface area contributed by atoms with E-state index in [1.165, 1.54) is 19.2 Å². The van der Waals surface area contributed by atoms with Crippen molar-refractivity contribution in [3.63, 3.8) is 0 Å². The molecule has 58 heavy (non-hydrogen) atoms. The standard InChI is InChI=1S/C46H61ClN4O7/c1-28(2)36(41(54)50-24-22-45(56,43(6,7)26-50)31-16-14-30(5)15-17-31)48-39(52)34-12-11-13-35(38(34)58-10)40(53)49-37(29(3)4)42(55)51-25-23-46(57,44(8,9)27-51)32-18-20-33(47)21-19-32/h11-21,28-29,36-37,56-57H,22-27H2,1-10H3,(H,48,52)(H,49,53)/t36-,37+,45+,46-/m0/s1. The Bertz CT molecular complexity index is 1860.